The van der Waals surface area contributed by atoms with Gasteiger partial charge in [-0.05, 0) is 30.4 Å². The third kappa shape index (κ3) is 10.6. The molecular weight excluding hydrogens is 508 g/mol. The summed E-state index contributed by atoms with van der Waals surface area (Å²) < 4.78 is 28.1. The maximum atomic E-state index is 13.1. The van der Waals surface area contributed by atoms with Gasteiger partial charge in [-0.25, -0.2) is 13.1 Å². The largest absolute Gasteiger partial charge is 0.384 e. The van der Waals surface area contributed by atoms with Gasteiger partial charge in [0.2, 0.25) is 21.8 Å². The van der Waals surface area contributed by atoms with Crippen LogP contribution in [-0.4, -0.2) is 50.7 Å². The summed E-state index contributed by atoms with van der Waals surface area (Å²) in [6, 6.07) is 13.4. The number of amidine groups is 1. The molecule has 2 amide bonds. The van der Waals surface area contributed by atoms with E-state index in [9.17, 15) is 18.0 Å². The van der Waals surface area contributed by atoms with E-state index in [-0.39, 0.29) is 37.1 Å². The molecule has 0 unspecified atom stereocenters. The van der Waals surface area contributed by atoms with E-state index in [2.05, 4.69) is 20.3 Å². The molecule has 38 heavy (non-hydrogen) atoms. The van der Waals surface area contributed by atoms with Gasteiger partial charge in [-0.2, -0.15) is 0 Å². The Morgan fingerprint density at radius 2 is 1.61 bits per heavy atom. The summed E-state index contributed by atoms with van der Waals surface area (Å²) >= 11 is 0. The molecule has 206 valence electrons. The predicted octanol–water partition coefficient (Wildman–Crippen LogP) is 0.0235. The molecule has 0 aliphatic carbocycles. The summed E-state index contributed by atoms with van der Waals surface area (Å²) in [6.07, 6.45) is 0.749. The van der Waals surface area contributed by atoms with Gasteiger partial charge in [-0.15, -0.1) is 0 Å². The minimum Gasteiger partial charge on any atom is -0.384 e. The van der Waals surface area contributed by atoms with Crippen molar-refractivity contribution < 1.29 is 18.0 Å². The molecule has 0 fully saturated rings. The number of amides is 2. The maximum absolute atomic E-state index is 13.1. The highest BCUT2D eigenvalue weighted by Crippen LogP contribution is 2.09. The van der Waals surface area contributed by atoms with Crippen LogP contribution in [0.3, 0.4) is 0 Å². The molecule has 10 N–H and O–H groups in total. The average Bonchev–Trinajstić information content (AvgIpc) is 2.87. The molecule has 0 bridgehead atoms. The molecule has 13 heteroatoms. The van der Waals surface area contributed by atoms with Crippen molar-refractivity contribution >= 4 is 33.6 Å². The van der Waals surface area contributed by atoms with E-state index in [0.717, 1.165) is 5.56 Å². The first-order valence-electron chi connectivity index (χ1n) is 12.1. The highest BCUT2D eigenvalue weighted by Gasteiger charge is 2.28. The number of guanidine groups is 1. The first kappa shape index (κ1) is 30.3. The summed E-state index contributed by atoms with van der Waals surface area (Å²) in [5, 5.41) is 12.9. The second-order valence-corrected chi connectivity index (χ2v) is 10.4. The Labute approximate surface area is 223 Å². The monoisotopic (exact) mass is 544 g/mol. The lowest BCUT2D eigenvalue weighted by molar-refractivity contribution is -0.130. The molecule has 0 aromatic heterocycles. The molecule has 2 rings (SSSR count). The summed E-state index contributed by atoms with van der Waals surface area (Å²) in [5.74, 6) is -1.50. The number of sulfonamides is 1. The van der Waals surface area contributed by atoms with Crippen molar-refractivity contribution in [1.82, 2.24) is 15.4 Å². The standard InChI is InChI=1S/C25H36N8O4S/c1-2-20(23(34)31-15-17-10-12-19(13-11-17)22(26)27)32-24(35)21(9-6-14-30-25(28)29)33-38(36,37)16-18-7-4-3-5-8-18/h3-5,7-8,10-13,20-21,33H,2,6,9,14-16H2,1H3,(H3,26,27)(H,31,34)(H,32,35)(H4,28,29,30)/t20-,21+/m0/s1. The predicted molar refractivity (Wildman–Crippen MR) is 147 cm³/mol. The molecule has 0 aliphatic heterocycles. The molecule has 12 nitrogen and oxygen atoms in total. The molecule has 0 saturated carbocycles. The fourth-order valence-corrected chi connectivity index (χ4v) is 4.91. The summed E-state index contributed by atoms with van der Waals surface area (Å²) in [6.45, 7) is 2.15. The molecular formula is C25H36N8O4S. The van der Waals surface area contributed by atoms with Crippen LogP contribution in [0.2, 0.25) is 0 Å². The van der Waals surface area contributed by atoms with E-state index in [0.29, 0.717) is 24.0 Å². The minimum atomic E-state index is -3.87. The van der Waals surface area contributed by atoms with Gasteiger partial charge in [-0.1, -0.05) is 61.5 Å². The van der Waals surface area contributed by atoms with Crippen LogP contribution in [0.4, 0.5) is 0 Å². The van der Waals surface area contributed by atoms with Gasteiger partial charge in [0.1, 0.15) is 17.9 Å². The molecule has 2 aromatic carbocycles. The smallest absolute Gasteiger partial charge is 0.242 e. The van der Waals surface area contributed by atoms with Crippen LogP contribution < -0.4 is 32.6 Å². The van der Waals surface area contributed by atoms with Crippen molar-refractivity contribution in [1.29, 1.82) is 5.41 Å². The molecule has 2 atom stereocenters. The quantitative estimate of drug-likeness (QED) is 0.0925. The van der Waals surface area contributed by atoms with Gasteiger partial charge in [0.15, 0.2) is 5.96 Å². The maximum Gasteiger partial charge on any atom is 0.242 e. The van der Waals surface area contributed by atoms with Gasteiger partial charge in [0.25, 0.3) is 0 Å². The second-order valence-electron chi connectivity index (χ2n) is 8.66. The molecule has 0 heterocycles. The molecule has 0 radical (unpaired) electrons. The van der Waals surface area contributed by atoms with E-state index in [4.69, 9.17) is 22.6 Å². The van der Waals surface area contributed by atoms with Crippen molar-refractivity contribution in [2.75, 3.05) is 6.54 Å². The van der Waals surface area contributed by atoms with Crippen molar-refractivity contribution in [2.24, 2.45) is 22.2 Å². The molecule has 0 saturated heterocycles. The van der Waals surface area contributed by atoms with Crippen molar-refractivity contribution in [3.05, 3.63) is 71.3 Å². The Bertz CT molecular complexity index is 1210. The number of rotatable bonds is 15. The van der Waals surface area contributed by atoms with E-state index in [1.54, 1.807) is 61.5 Å². The minimum absolute atomic E-state index is 0.0541. The number of benzene rings is 2. The van der Waals surface area contributed by atoms with E-state index in [1.807, 2.05) is 0 Å². The summed E-state index contributed by atoms with van der Waals surface area (Å²) in [5.41, 5.74) is 18.1. The van der Waals surface area contributed by atoms with Gasteiger partial charge in [-0.3, -0.25) is 20.0 Å². The van der Waals surface area contributed by atoms with Crippen molar-refractivity contribution in [3.8, 4) is 0 Å². The van der Waals surface area contributed by atoms with Crippen LogP contribution in [0.15, 0.2) is 59.6 Å². The number of aliphatic imine (C=N–C) groups is 1. The third-order valence-electron chi connectivity index (χ3n) is 5.56. The van der Waals surface area contributed by atoms with Crippen molar-refractivity contribution in [2.45, 2.75) is 50.6 Å². The zero-order chi connectivity index (χ0) is 28.1. The van der Waals surface area contributed by atoms with Crippen LogP contribution in [-0.2, 0) is 31.9 Å². The Balaban J connectivity index is 2.05. The topological polar surface area (TPSA) is 219 Å². The van der Waals surface area contributed by atoms with Crippen LogP contribution in [0.5, 0.6) is 0 Å². The summed E-state index contributed by atoms with van der Waals surface area (Å²) in [4.78, 5) is 29.8. The van der Waals surface area contributed by atoms with Crippen LogP contribution in [0, 0.1) is 5.41 Å². The zero-order valence-corrected chi connectivity index (χ0v) is 22.1. The Morgan fingerprint density at radius 1 is 0.947 bits per heavy atom. The number of hydrogen-bond acceptors (Lipinski definition) is 6. The number of nitrogen functional groups attached to an aromatic ring is 1. The molecule has 2 aromatic rings. The highest BCUT2D eigenvalue weighted by molar-refractivity contribution is 7.88. The third-order valence-corrected chi connectivity index (χ3v) is 6.91. The van der Waals surface area contributed by atoms with E-state index < -0.39 is 33.9 Å². The number of carbonyl (C=O) groups excluding carboxylic acids is 2. The Kier molecular flexibility index (Phi) is 11.7. The Hall–Kier alpha value is -3.97. The van der Waals surface area contributed by atoms with Gasteiger partial charge < -0.3 is 27.8 Å². The summed E-state index contributed by atoms with van der Waals surface area (Å²) in [7, 11) is -3.87. The van der Waals surface area contributed by atoms with Crippen molar-refractivity contribution in [3.63, 3.8) is 0 Å². The normalized spacial score (nSPS) is 12.7. The van der Waals surface area contributed by atoms with Crippen LogP contribution in [0.1, 0.15) is 42.9 Å². The Morgan fingerprint density at radius 3 is 2.18 bits per heavy atom. The number of nitrogens with two attached hydrogens (primary N) is 3. The SMILES string of the molecule is CC[C@H](NC(=O)[C@@H](CCCN=C(N)N)NS(=O)(=O)Cc1ccccc1)C(=O)NCc1ccc(C(=N)N)cc1. The van der Waals surface area contributed by atoms with Crippen LogP contribution >= 0.6 is 0 Å². The van der Waals surface area contributed by atoms with Gasteiger partial charge in [0, 0.05) is 18.7 Å². The molecule has 0 spiro atoms. The van der Waals surface area contributed by atoms with Gasteiger partial charge in [0.05, 0.1) is 5.75 Å². The number of nitrogens with zero attached hydrogens (tertiary/aromatic N) is 1. The fraction of sp³-hybridized carbons (Fsp3) is 0.360. The number of nitrogens with one attached hydrogen (secondary N) is 4. The number of hydrogen-bond donors (Lipinski definition) is 7. The highest BCUT2D eigenvalue weighted by atomic mass is 32.2. The fourth-order valence-electron chi connectivity index (χ4n) is 3.54. The first-order chi connectivity index (χ1) is 18.0. The zero-order valence-electron chi connectivity index (χ0n) is 21.3. The van der Waals surface area contributed by atoms with Crippen LogP contribution in [0.25, 0.3) is 0 Å². The van der Waals surface area contributed by atoms with E-state index in [1.165, 1.54) is 0 Å². The van der Waals surface area contributed by atoms with Gasteiger partial charge >= 0.3 is 0 Å². The number of carbonyl (C=O) groups is 2. The lowest BCUT2D eigenvalue weighted by Gasteiger charge is -2.22. The lowest BCUT2D eigenvalue weighted by atomic mass is 10.1. The van der Waals surface area contributed by atoms with E-state index >= 15 is 0 Å². The average molecular weight is 545 g/mol. The lowest BCUT2D eigenvalue weighted by Crippen LogP contribution is -2.53. The first-order valence-corrected chi connectivity index (χ1v) is 13.8. The second kappa shape index (κ2) is 14.7. The molecule has 0 aliphatic rings.